The largest absolute Gasteiger partial charge is 0.486 e. The highest BCUT2D eigenvalue weighted by atomic mass is 16.6. The Labute approximate surface area is 150 Å². The molecule has 138 valence electrons. The Morgan fingerprint density at radius 1 is 1.08 bits per heavy atom. The zero-order chi connectivity index (χ0) is 17.7. The molecular weight excluding hydrogens is 316 g/mol. The number of rotatable bonds is 4. The van der Waals surface area contributed by atoms with Crippen LogP contribution in [0.1, 0.15) is 57.9 Å². The fraction of sp³-hybridized carbons (Fsp3) is 0.650. The second-order valence-corrected chi connectivity index (χ2v) is 7.76. The van der Waals surface area contributed by atoms with E-state index in [4.69, 9.17) is 9.47 Å². The zero-order valence-electron chi connectivity index (χ0n) is 15.4. The lowest BCUT2D eigenvalue weighted by atomic mass is 9.84. The predicted molar refractivity (Wildman–Crippen MR) is 98.5 cm³/mol. The smallest absolute Gasteiger partial charge is 0.315 e. The molecule has 3 rings (SSSR count). The van der Waals surface area contributed by atoms with Crippen LogP contribution in [0.5, 0.6) is 11.5 Å². The molecule has 0 saturated heterocycles. The van der Waals surface area contributed by atoms with Crippen LogP contribution in [0.15, 0.2) is 18.2 Å². The van der Waals surface area contributed by atoms with Gasteiger partial charge in [-0.1, -0.05) is 45.6 Å². The molecule has 1 aliphatic carbocycles. The number of urea groups is 1. The first kappa shape index (κ1) is 17.9. The number of ether oxygens (including phenoxy) is 2. The minimum atomic E-state index is -0.184. The van der Waals surface area contributed by atoms with Gasteiger partial charge in [-0.3, -0.25) is 0 Å². The number of hydrogen-bond acceptors (Lipinski definition) is 3. The summed E-state index contributed by atoms with van der Waals surface area (Å²) in [7, 11) is 0. The lowest BCUT2D eigenvalue weighted by molar-refractivity contribution is 0.171. The molecule has 5 heteroatoms. The molecule has 1 fully saturated rings. The fourth-order valence-electron chi connectivity index (χ4n) is 3.53. The van der Waals surface area contributed by atoms with Gasteiger partial charge < -0.3 is 20.1 Å². The van der Waals surface area contributed by atoms with E-state index in [2.05, 4.69) is 30.5 Å². The lowest BCUT2D eigenvalue weighted by Crippen LogP contribution is -2.46. The molecule has 0 radical (unpaired) electrons. The summed E-state index contributed by atoms with van der Waals surface area (Å²) < 4.78 is 11.3. The van der Waals surface area contributed by atoms with Crippen molar-refractivity contribution in [3.8, 4) is 11.5 Å². The highest BCUT2D eigenvalue weighted by Crippen LogP contribution is 2.34. The molecule has 1 aliphatic heterocycles. The monoisotopic (exact) mass is 346 g/mol. The van der Waals surface area contributed by atoms with Crippen molar-refractivity contribution in [2.24, 2.45) is 0 Å². The summed E-state index contributed by atoms with van der Waals surface area (Å²) in [5, 5.41) is 6.19. The third-order valence-electron chi connectivity index (χ3n) is 5.20. The molecule has 0 spiro atoms. The van der Waals surface area contributed by atoms with Crippen LogP contribution >= 0.6 is 0 Å². The van der Waals surface area contributed by atoms with Crippen LogP contribution in [0, 0.1) is 0 Å². The summed E-state index contributed by atoms with van der Waals surface area (Å²) in [4.78, 5) is 12.3. The molecule has 2 aliphatic rings. The predicted octanol–water partition coefficient (Wildman–Crippen LogP) is 3.76. The van der Waals surface area contributed by atoms with Crippen molar-refractivity contribution in [2.75, 3.05) is 19.8 Å². The van der Waals surface area contributed by atoms with Crippen LogP contribution in [0.25, 0.3) is 0 Å². The Bertz CT molecular complexity index is 593. The number of fused-ring (bicyclic) bond motifs is 1. The van der Waals surface area contributed by atoms with Gasteiger partial charge >= 0.3 is 6.03 Å². The summed E-state index contributed by atoms with van der Waals surface area (Å²) >= 11 is 0. The van der Waals surface area contributed by atoms with Gasteiger partial charge in [0, 0.05) is 18.0 Å². The summed E-state index contributed by atoms with van der Waals surface area (Å²) in [6, 6.07) is 6.30. The molecule has 0 aromatic heterocycles. The normalized spacial score (nSPS) is 18.3. The van der Waals surface area contributed by atoms with Gasteiger partial charge in [0.2, 0.25) is 0 Å². The van der Waals surface area contributed by atoms with Crippen LogP contribution in [0.4, 0.5) is 4.79 Å². The highest BCUT2D eigenvalue weighted by molar-refractivity contribution is 5.74. The van der Waals surface area contributed by atoms with Crippen LogP contribution in [0.3, 0.4) is 0 Å². The van der Waals surface area contributed by atoms with E-state index in [1.807, 2.05) is 12.1 Å². The first-order valence-electron chi connectivity index (χ1n) is 9.49. The molecular formula is C20H30N2O3. The summed E-state index contributed by atoms with van der Waals surface area (Å²) in [5.74, 6) is 1.59. The van der Waals surface area contributed by atoms with Crippen molar-refractivity contribution in [1.82, 2.24) is 10.6 Å². The van der Waals surface area contributed by atoms with Crippen molar-refractivity contribution in [1.29, 1.82) is 0 Å². The van der Waals surface area contributed by atoms with Crippen LogP contribution in [-0.2, 0) is 5.41 Å². The molecule has 5 nitrogen and oxygen atoms in total. The standard InChI is InChI=1S/C20H30N2O3/c1-20(2,15-9-10-17-18(13-15)25-12-11-24-17)14-21-19(23)22-16-7-5-3-4-6-8-16/h9-10,13,16H,3-8,11-12,14H2,1-2H3,(H2,21,22,23). The lowest BCUT2D eigenvalue weighted by Gasteiger charge is -2.28. The van der Waals surface area contributed by atoms with Crippen molar-refractivity contribution < 1.29 is 14.3 Å². The van der Waals surface area contributed by atoms with E-state index >= 15 is 0 Å². The second kappa shape index (κ2) is 7.98. The van der Waals surface area contributed by atoms with E-state index in [1.165, 1.54) is 25.7 Å². The summed E-state index contributed by atoms with van der Waals surface area (Å²) in [6.45, 7) is 6.01. The van der Waals surface area contributed by atoms with E-state index < -0.39 is 0 Å². The molecule has 0 unspecified atom stereocenters. The van der Waals surface area contributed by atoms with E-state index in [0.29, 0.717) is 25.8 Å². The number of amides is 2. The molecule has 1 aromatic carbocycles. The summed E-state index contributed by atoms with van der Waals surface area (Å²) in [6.07, 6.45) is 7.20. The molecule has 2 amide bonds. The third-order valence-corrected chi connectivity index (χ3v) is 5.20. The Morgan fingerprint density at radius 3 is 2.48 bits per heavy atom. The Balaban J connectivity index is 1.54. The maximum atomic E-state index is 12.3. The van der Waals surface area contributed by atoms with E-state index in [-0.39, 0.29) is 11.4 Å². The van der Waals surface area contributed by atoms with E-state index in [0.717, 1.165) is 29.9 Å². The maximum absolute atomic E-state index is 12.3. The van der Waals surface area contributed by atoms with Gasteiger partial charge in [0.1, 0.15) is 13.2 Å². The van der Waals surface area contributed by atoms with Crippen molar-refractivity contribution in [3.05, 3.63) is 23.8 Å². The summed E-state index contributed by atoms with van der Waals surface area (Å²) in [5.41, 5.74) is 0.947. The van der Waals surface area contributed by atoms with Gasteiger partial charge in [-0.05, 0) is 30.5 Å². The third kappa shape index (κ3) is 4.80. The Hall–Kier alpha value is -1.91. The number of carbonyl (C=O) groups is 1. The number of benzene rings is 1. The van der Waals surface area contributed by atoms with Gasteiger partial charge in [0.15, 0.2) is 11.5 Å². The zero-order valence-corrected chi connectivity index (χ0v) is 15.4. The SMILES string of the molecule is CC(C)(CNC(=O)NC1CCCCCC1)c1ccc2c(c1)OCCO2. The average molecular weight is 346 g/mol. The highest BCUT2D eigenvalue weighted by Gasteiger charge is 2.24. The van der Waals surface area contributed by atoms with Crippen LogP contribution in [0.2, 0.25) is 0 Å². The van der Waals surface area contributed by atoms with Crippen molar-refractivity contribution >= 4 is 6.03 Å². The molecule has 0 atom stereocenters. The van der Waals surface area contributed by atoms with Gasteiger partial charge in [-0.2, -0.15) is 0 Å². The van der Waals surface area contributed by atoms with E-state index in [1.54, 1.807) is 0 Å². The van der Waals surface area contributed by atoms with Crippen molar-refractivity contribution in [2.45, 2.75) is 63.8 Å². The molecule has 0 bridgehead atoms. The number of carbonyl (C=O) groups excluding carboxylic acids is 1. The van der Waals surface area contributed by atoms with E-state index in [9.17, 15) is 4.79 Å². The van der Waals surface area contributed by atoms with Gasteiger partial charge in [-0.25, -0.2) is 4.79 Å². The molecule has 1 aromatic rings. The maximum Gasteiger partial charge on any atom is 0.315 e. The number of hydrogen-bond donors (Lipinski definition) is 2. The average Bonchev–Trinajstić information content (AvgIpc) is 2.88. The van der Waals surface area contributed by atoms with Crippen molar-refractivity contribution in [3.63, 3.8) is 0 Å². The van der Waals surface area contributed by atoms with Gasteiger partial charge in [-0.15, -0.1) is 0 Å². The van der Waals surface area contributed by atoms with Crippen LogP contribution in [-0.4, -0.2) is 31.8 Å². The minimum Gasteiger partial charge on any atom is -0.486 e. The Morgan fingerprint density at radius 2 is 1.76 bits per heavy atom. The first-order valence-corrected chi connectivity index (χ1v) is 9.49. The van der Waals surface area contributed by atoms with Gasteiger partial charge in [0.05, 0.1) is 0 Å². The fourth-order valence-corrected chi connectivity index (χ4v) is 3.53. The quantitative estimate of drug-likeness (QED) is 0.816. The minimum absolute atomic E-state index is 0.0579. The second-order valence-electron chi connectivity index (χ2n) is 7.76. The Kier molecular flexibility index (Phi) is 5.71. The molecule has 1 heterocycles. The topological polar surface area (TPSA) is 59.6 Å². The molecule has 1 saturated carbocycles. The number of nitrogens with one attached hydrogen (secondary N) is 2. The van der Waals surface area contributed by atoms with Crippen LogP contribution < -0.4 is 20.1 Å². The van der Waals surface area contributed by atoms with Gasteiger partial charge in [0.25, 0.3) is 0 Å². The first-order chi connectivity index (χ1) is 12.0. The molecule has 2 N–H and O–H groups in total. The molecule has 25 heavy (non-hydrogen) atoms.